The van der Waals surface area contributed by atoms with Crippen LogP contribution in [0, 0.1) is 13.8 Å². The largest absolute Gasteiger partial charge is 0.433 e. The smallest absolute Gasteiger partial charge is 0.268 e. The van der Waals surface area contributed by atoms with Gasteiger partial charge in [0.1, 0.15) is 10.6 Å². The number of sulfonamides is 1. The maximum Gasteiger partial charge on any atom is 0.433 e. The van der Waals surface area contributed by atoms with Gasteiger partial charge in [-0.1, -0.05) is 0 Å². The van der Waals surface area contributed by atoms with Gasteiger partial charge >= 0.3 is 6.18 Å². The van der Waals surface area contributed by atoms with Crippen LogP contribution in [0.5, 0.6) is 0 Å². The average molecular weight is 419 g/mol. The van der Waals surface area contributed by atoms with Crippen LogP contribution in [-0.4, -0.2) is 34.5 Å². The van der Waals surface area contributed by atoms with Crippen molar-refractivity contribution in [2.24, 2.45) is 0 Å². The summed E-state index contributed by atoms with van der Waals surface area (Å²) in [6.07, 6.45) is -2.64. The topological polar surface area (TPSA) is 81.8 Å². The summed E-state index contributed by atoms with van der Waals surface area (Å²) in [6, 6.07) is 0. The standard InChI is InChI=1S/C17H24F3N5O2S/c1-4-24-12(3)15(11(2)22-24)28(26,27)21-9-6-10-25-16(17(18,19)20)13-7-5-8-14(13)23-25/h21H,4-10H2,1-3H3. The van der Waals surface area contributed by atoms with E-state index in [1.807, 2.05) is 6.92 Å². The molecule has 1 aliphatic rings. The number of hydrogen-bond acceptors (Lipinski definition) is 4. The van der Waals surface area contributed by atoms with Crippen molar-refractivity contribution in [3.63, 3.8) is 0 Å². The molecule has 0 aromatic carbocycles. The molecule has 0 fully saturated rings. The molecular formula is C17H24F3N5O2S. The Balaban J connectivity index is 1.68. The van der Waals surface area contributed by atoms with E-state index in [1.54, 1.807) is 18.5 Å². The minimum Gasteiger partial charge on any atom is -0.268 e. The van der Waals surface area contributed by atoms with E-state index >= 15 is 0 Å². The van der Waals surface area contributed by atoms with E-state index in [1.165, 1.54) is 0 Å². The summed E-state index contributed by atoms with van der Waals surface area (Å²) in [5.74, 6) is 0. The van der Waals surface area contributed by atoms with Crippen LogP contribution in [0.1, 0.15) is 48.1 Å². The summed E-state index contributed by atoms with van der Waals surface area (Å²) in [7, 11) is -3.79. The molecule has 2 aromatic heterocycles. The number of aryl methyl sites for hydroxylation is 4. The number of aromatic nitrogens is 4. The molecule has 1 N–H and O–H groups in total. The van der Waals surface area contributed by atoms with Crippen molar-refractivity contribution >= 4 is 10.0 Å². The second kappa shape index (κ2) is 7.51. The van der Waals surface area contributed by atoms with E-state index in [9.17, 15) is 21.6 Å². The van der Waals surface area contributed by atoms with Crippen LogP contribution in [0.15, 0.2) is 4.90 Å². The van der Waals surface area contributed by atoms with Crippen LogP contribution in [0.3, 0.4) is 0 Å². The fraction of sp³-hybridized carbons (Fsp3) is 0.647. The summed E-state index contributed by atoms with van der Waals surface area (Å²) in [5.41, 5.74) is 1.03. The Labute approximate surface area is 162 Å². The first-order valence-corrected chi connectivity index (χ1v) is 10.7. The molecule has 0 radical (unpaired) electrons. The highest BCUT2D eigenvalue weighted by molar-refractivity contribution is 7.89. The van der Waals surface area contributed by atoms with Crippen LogP contribution < -0.4 is 4.72 Å². The summed E-state index contributed by atoms with van der Waals surface area (Å²) >= 11 is 0. The Morgan fingerprint density at radius 2 is 1.86 bits per heavy atom. The van der Waals surface area contributed by atoms with Crippen molar-refractivity contribution in [3.8, 4) is 0 Å². The minimum absolute atomic E-state index is 0.00342. The lowest BCUT2D eigenvalue weighted by Crippen LogP contribution is -2.27. The third-order valence-corrected chi connectivity index (χ3v) is 6.68. The summed E-state index contributed by atoms with van der Waals surface area (Å²) < 4.78 is 70.4. The van der Waals surface area contributed by atoms with Crippen LogP contribution in [0.2, 0.25) is 0 Å². The third kappa shape index (κ3) is 3.82. The van der Waals surface area contributed by atoms with Gasteiger partial charge in [-0.2, -0.15) is 23.4 Å². The molecule has 156 valence electrons. The van der Waals surface area contributed by atoms with Crippen molar-refractivity contribution in [2.45, 2.75) is 70.6 Å². The Morgan fingerprint density at radius 3 is 2.46 bits per heavy atom. The van der Waals surface area contributed by atoms with Crippen molar-refractivity contribution < 1.29 is 21.6 Å². The monoisotopic (exact) mass is 419 g/mol. The van der Waals surface area contributed by atoms with E-state index in [-0.39, 0.29) is 30.0 Å². The highest BCUT2D eigenvalue weighted by Gasteiger charge is 2.40. The second-order valence-corrected chi connectivity index (χ2v) is 8.62. The molecule has 7 nitrogen and oxygen atoms in total. The lowest BCUT2D eigenvalue weighted by atomic mass is 10.2. The van der Waals surface area contributed by atoms with Gasteiger partial charge in [-0.3, -0.25) is 9.36 Å². The van der Waals surface area contributed by atoms with Crippen molar-refractivity contribution in [1.29, 1.82) is 0 Å². The molecule has 0 atom stereocenters. The predicted molar refractivity (Wildman–Crippen MR) is 96.4 cm³/mol. The van der Waals surface area contributed by atoms with Gasteiger partial charge in [-0.25, -0.2) is 13.1 Å². The Hall–Kier alpha value is -1.88. The van der Waals surface area contributed by atoms with Gasteiger partial charge < -0.3 is 0 Å². The van der Waals surface area contributed by atoms with E-state index in [0.29, 0.717) is 42.9 Å². The van der Waals surface area contributed by atoms with Gasteiger partial charge in [0.2, 0.25) is 10.0 Å². The first-order valence-electron chi connectivity index (χ1n) is 9.25. The van der Waals surface area contributed by atoms with E-state index in [4.69, 9.17) is 0 Å². The maximum absolute atomic E-state index is 13.4. The minimum atomic E-state index is -4.46. The molecule has 0 bridgehead atoms. The Bertz CT molecular complexity index is 976. The average Bonchev–Trinajstić information content (AvgIpc) is 3.22. The molecule has 2 heterocycles. The van der Waals surface area contributed by atoms with Gasteiger partial charge in [-0.15, -0.1) is 0 Å². The van der Waals surface area contributed by atoms with Crippen LogP contribution in [-0.2, 0) is 42.1 Å². The molecule has 0 unspecified atom stereocenters. The fourth-order valence-corrected chi connectivity index (χ4v) is 5.29. The zero-order chi connectivity index (χ0) is 20.7. The molecule has 0 amide bonds. The van der Waals surface area contributed by atoms with Crippen molar-refractivity contribution in [3.05, 3.63) is 28.3 Å². The molecule has 0 saturated heterocycles. The van der Waals surface area contributed by atoms with Gasteiger partial charge in [-0.05, 0) is 46.5 Å². The number of alkyl halides is 3. The molecule has 0 spiro atoms. The highest BCUT2D eigenvalue weighted by atomic mass is 32.2. The Kier molecular flexibility index (Phi) is 5.59. The second-order valence-electron chi connectivity index (χ2n) is 6.92. The first-order chi connectivity index (χ1) is 13.1. The van der Waals surface area contributed by atoms with Gasteiger partial charge in [0.25, 0.3) is 0 Å². The number of hydrogen-bond donors (Lipinski definition) is 1. The van der Waals surface area contributed by atoms with Gasteiger partial charge in [0, 0.05) is 25.2 Å². The quantitative estimate of drug-likeness (QED) is 0.700. The molecule has 1 aliphatic carbocycles. The van der Waals surface area contributed by atoms with E-state index in [0.717, 1.165) is 4.68 Å². The van der Waals surface area contributed by atoms with E-state index in [2.05, 4.69) is 14.9 Å². The molecule has 0 aliphatic heterocycles. The van der Waals surface area contributed by atoms with Gasteiger partial charge in [0.15, 0.2) is 0 Å². The normalized spacial score (nSPS) is 14.6. The molecular weight excluding hydrogens is 395 g/mol. The molecule has 3 rings (SSSR count). The predicted octanol–water partition coefficient (Wildman–Crippen LogP) is 2.59. The number of fused-ring (bicyclic) bond motifs is 1. The van der Waals surface area contributed by atoms with Crippen LogP contribution >= 0.6 is 0 Å². The Morgan fingerprint density at radius 1 is 1.14 bits per heavy atom. The lowest BCUT2D eigenvalue weighted by molar-refractivity contribution is -0.144. The van der Waals surface area contributed by atoms with Crippen LogP contribution in [0.25, 0.3) is 0 Å². The summed E-state index contributed by atoms with van der Waals surface area (Å²) in [5, 5.41) is 8.29. The zero-order valence-electron chi connectivity index (χ0n) is 16.1. The molecule has 2 aromatic rings. The lowest BCUT2D eigenvalue weighted by Gasteiger charge is -2.13. The molecule has 0 saturated carbocycles. The SMILES string of the molecule is CCn1nc(C)c(S(=O)(=O)NCCCn2nc3c(c2C(F)(F)F)CCC3)c1C. The number of rotatable bonds is 7. The summed E-state index contributed by atoms with van der Waals surface area (Å²) in [6.45, 7) is 5.72. The van der Waals surface area contributed by atoms with Crippen molar-refractivity contribution in [2.75, 3.05) is 6.54 Å². The van der Waals surface area contributed by atoms with Gasteiger partial charge in [0.05, 0.1) is 17.1 Å². The third-order valence-electron chi connectivity index (χ3n) is 4.96. The highest BCUT2D eigenvalue weighted by Crippen LogP contribution is 2.37. The fourth-order valence-electron chi connectivity index (χ4n) is 3.81. The number of halogens is 3. The van der Waals surface area contributed by atoms with Crippen LogP contribution in [0.4, 0.5) is 13.2 Å². The molecule has 11 heteroatoms. The first kappa shape index (κ1) is 20.8. The number of nitrogens with zero attached hydrogens (tertiary/aromatic N) is 4. The zero-order valence-corrected chi connectivity index (χ0v) is 16.9. The maximum atomic E-state index is 13.4. The summed E-state index contributed by atoms with van der Waals surface area (Å²) in [4.78, 5) is 0.128. The van der Waals surface area contributed by atoms with Crippen molar-refractivity contribution in [1.82, 2.24) is 24.3 Å². The number of nitrogens with one attached hydrogen (secondary N) is 1. The molecule has 28 heavy (non-hydrogen) atoms. The van der Waals surface area contributed by atoms with E-state index < -0.39 is 21.9 Å².